The Bertz CT molecular complexity index is 633. The Morgan fingerprint density at radius 2 is 1.96 bits per heavy atom. The maximum atomic E-state index is 12.1. The zero-order valence-electron chi connectivity index (χ0n) is 15.7. The number of rotatable bonds is 5. The average molecular weight is 341 g/mol. The summed E-state index contributed by atoms with van der Waals surface area (Å²) in [5.41, 5.74) is 2.09. The molecule has 0 radical (unpaired) electrons. The first kappa shape index (κ1) is 17.1. The molecule has 136 valence electrons. The van der Waals surface area contributed by atoms with Crippen LogP contribution in [-0.2, 0) is 0 Å². The van der Waals surface area contributed by atoms with E-state index in [0.717, 1.165) is 29.2 Å². The number of hydrogen-bond acceptors (Lipinski definition) is 3. The van der Waals surface area contributed by atoms with Crippen molar-refractivity contribution in [2.45, 2.75) is 63.8 Å². The molecule has 2 aliphatic carbocycles. The van der Waals surface area contributed by atoms with E-state index in [-0.39, 0.29) is 5.78 Å². The molecule has 1 aromatic rings. The van der Waals surface area contributed by atoms with Crippen LogP contribution in [0, 0.1) is 11.8 Å². The first-order chi connectivity index (χ1) is 12.2. The van der Waals surface area contributed by atoms with Gasteiger partial charge in [0.15, 0.2) is 5.78 Å². The minimum Gasteiger partial charge on any atom is -0.496 e. The van der Waals surface area contributed by atoms with Crippen molar-refractivity contribution >= 4 is 5.78 Å². The summed E-state index contributed by atoms with van der Waals surface area (Å²) in [6.07, 6.45) is 8.81. The smallest absolute Gasteiger partial charge is 0.162 e. The number of nitrogens with zero attached hydrogens (tertiary/aromatic N) is 1. The largest absolute Gasteiger partial charge is 0.496 e. The summed E-state index contributed by atoms with van der Waals surface area (Å²) in [6, 6.07) is 6.86. The normalized spacial score (nSPS) is 29.9. The van der Waals surface area contributed by atoms with Crippen LogP contribution in [0.5, 0.6) is 5.75 Å². The van der Waals surface area contributed by atoms with Gasteiger partial charge >= 0.3 is 0 Å². The van der Waals surface area contributed by atoms with Gasteiger partial charge in [0.25, 0.3) is 0 Å². The quantitative estimate of drug-likeness (QED) is 0.730. The topological polar surface area (TPSA) is 29.5 Å². The molecule has 2 bridgehead atoms. The van der Waals surface area contributed by atoms with Crippen LogP contribution in [0.3, 0.4) is 0 Å². The van der Waals surface area contributed by atoms with E-state index in [1.807, 2.05) is 19.1 Å². The first-order valence-corrected chi connectivity index (χ1v) is 10.1. The number of fused-ring (bicyclic) bond motifs is 2. The van der Waals surface area contributed by atoms with Gasteiger partial charge in [-0.15, -0.1) is 0 Å². The lowest BCUT2D eigenvalue weighted by Crippen LogP contribution is -2.43. The molecule has 1 saturated heterocycles. The minimum atomic E-state index is 0.225. The predicted octanol–water partition coefficient (Wildman–Crippen LogP) is 4.66. The summed E-state index contributed by atoms with van der Waals surface area (Å²) in [5.74, 6) is 3.69. The molecule has 2 saturated carbocycles. The third-order valence-corrected chi connectivity index (χ3v) is 7.01. The lowest BCUT2D eigenvalue weighted by atomic mass is 9.85. The van der Waals surface area contributed by atoms with Gasteiger partial charge in [-0.05, 0) is 86.7 Å². The van der Waals surface area contributed by atoms with Crippen molar-refractivity contribution in [3.05, 3.63) is 29.3 Å². The van der Waals surface area contributed by atoms with Crippen LogP contribution >= 0.6 is 0 Å². The third-order valence-electron chi connectivity index (χ3n) is 7.01. The number of benzene rings is 1. The molecule has 3 atom stereocenters. The van der Waals surface area contributed by atoms with E-state index in [0.29, 0.717) is 12.3 Å². The molecule has 4 rings (SSSR count). The van der Waals surface area contributed by atoms with E-state index in [1.165, 1.54) is 57.2 Å². The second kappa shape index (κ2) is 7.11. The number of carbonyl (C=O) groups is 1. The number of piperidine rings is 1. The average Bonchev–Trinajstić information content (AvgIpc) is 3.30. The van der Waals surface area contributed by atoms with Gasteiger partial charge in [-0.2, -0.15) is 0 Å². The number of ether oxygens (including phenoxy) is 1. The molecular weight excluding hydrogens is 310 g/mol. The molecule has 0 N–H and O–H groups in total. The van der Waals surface area contributed by atoms with Crippen LogP contribution in [0.1, 0.15) is 73.7 Å². The van der Waals surface area contributed by atoms with Crippen LogP contribution in [0.4, 0.5) is 0 Å². The highest BCUT2D eigenvalue weighted by atomic mass is 16.5. The second-order valence-corrected chi connectivity index (χ2v) is 8.29. The number of likely N-dealkylation sites (tertiary alicyclic amines) is 1. The zero-order chi connectivity index (χ0) is 17.4. The third kappa shape index (κ3) is 3.23. The van der Waals surface area contributed by atoms with Crippen molar-refractivity contribution in [1.82, 2.24) is 4.90 Å². The molecule has 0 aromatic heterocycles. The van der Waals surface area contributed by atoms with Gasteiger partial charge in [0.2, 0.25) is 0 Å². The van der Waals surface area contributed by atoms with E-state index < -0.39 is 0 Å². The van der Waals surface area contributed by atoms with Gasteiger partial charge < -0.3 is 9.64 Å². The van der Waals surface area contributed by atoms with Crippen molar-refractivity contribution in [2.75, 3.05) is 20.2 Å². The molecule has 0 amide bonds. The Morgan fingerprint density at radius 3 is 2.56 bits per heavy atom. The van der Waals surface area contributed by atoms with Gasteiger partial charge in [-0.25, -0.2) is 0 Å². The predicted molar refractivity (Wildman–Crippen MR) is 100 cm³/mol. The van der Waals surface area contributed by atoms with Crippen LogP contribution in [0.15, 0.2) is 18.2 Å². The fraction of sp³-hybridized carbons (Fsp3) is 0.682. The van der Waals surface area contributed by atoms with Crippen LogP contribution in [0.2, 0.25) is 0 Å². The minimum absolute atomic E-state index is 0.225. The summed E-state index contributed by atoms with van der Waals surface area (Å²) >= 11 is 0. The summed E-state index contributed by atoms with van der Waals surface area (Å²) in [7, 11) is 1.74. The highest BCUT2D eigenvalue weighted by Crippen LogP contribution is 2.48. The van der Waals surface area contributed by atoms with E-state index >= 15 is 0 Å². The second-order valence-electron chi connectivity index (χ2n) is 8.29. The molecule has 3 fully saturated rings. The number of Topliss-reactive ketones (excluding diaryl/α,β-unsaturated/α-hetero) is 1. The molecule has 1 aromatic carbocycles. The fourth-order valence-corrected chi connectivity index (χ4v) is 5.63. The summed E-state index contributed by atoms with van der Waals surface area (Å²) in [5, 5.41) is 0. The standard InChI is InChI=1S/C22H31NO2/c1-3-21(24)18-6-7-22(25-2)19(14-18)16-8-10-23(11-9-16)20-13-15-4-5-17(20)12-15/h6-7,14-17,20H,3-5,8-13H2,1-2H3/t15-,17?,20-/m0/s1. The van der Waals surface area contributed by atoms with E-state index in [1.54, 1.807) is 7.11 Å². The summed E-state index contributed by atoms with van der Waals surface area (Å²) in [4.78, 5) is 14.9. The Kier molecular flexibility index (Phi) is 4.86. The molecule has 3 aliphatic rings. The highest BCUT2D eigenvalue weighted by Gasteiger charge is 2.43. The van der Waals surface area contributed by atoms with Crippen LogP contribution in [-0.4, -0.2) is 36.9 Å². The Labute approximate surface area is 151 Å². The Morgan fingerprint density at radius 1 is 1.16 bits per heavy atom. The van der Waals surface area contributed by atoms with Gasteiger partial charge in [-0.1, -0.05) is 13.3 Å². The molecule has 3 heteroatoms. The fourth-order valence-electron chi connectivity index (χ4n) is 5.63. The maximum Gasteiger partial charge on any atom is 0.162 e. The van der Waals surface area contributed by atoms with Crippen LogP contribution < -0.4 is 4.74 Å². The van der Waals surface area contributed by atoms with Gasteiger partial charge in [0.05, 0.1) is 7.11 Å². The number of methoxy groups -OCH3 is 1. The lowest BCUT2D eigenvalue weighted by molar-refractivity contribution is 0.0987. The SMILES string of the molecule is CCC(=O)c1ccc(OC)c(C2CCN([C@H]3C[C@H]4CCC3C4)CC2)c1. The maximum absolute atomic E-state index is 12.1. The molecule has 1 heterocycles. The van der Waals surface area contributed by atoms with E-state index in [2.05, 4.69) is 11.0 Å². The monoisotopic (exact) mass is 341 g/mol. The summed E-state index contributed by atoms with van der Waals surface area (Å²) < 4.78 is 5.61. The van der Waals surface area contributed by atoms with Crippen molar-refractivity contribution < 1.29 is 9.53 Å². The molecular formula is C22H31NO2. The summed E-state index contributed by atoms with van der Waals surface area (Å²) in [6.45, 7) is 4.33. The molecule has 1 aliphatic heterocycles. The zero-order valence-corrected chi connectivity index (χ0v) is 15.7. The Hall–Kier alpha value is -1.35. The van der Waals surface area contributed by atoms with Crippen molar-refractivity contribution in [3.63, 3.8) is 0 Å². The van der Waals surface area contributed by atoms with Crippen molar-refractivity contribution in [3.8, 4) is 5.75 Å². The molecule has 25 heavy (non-hydrogen) atoms. The van der Waals surface area contributed by atoms with Crippen molar-refractivity contribution in [2.24, 2.45) is 11.8 Å². The number of ketones is 1. The number of carbonyl (C=O) groups excluding carboxylic acids is 1. The molecule has 1 unspecified atom stereocenters. The molecule has 0 spiro atoms. The van der Waals surface area contributed by atoms with Crippen molar-refractivity contribution in [1.29, 1.82) is 0 Å². The van der Waals surface area contributed by atoms with Gasteiger partial charge in [0, 0.05) is 18.0 Å². The van der Waals surface area contributed by atoms with Gasteiger partial charge in [0.1, 0.15) is 5.75 Å². The first-order valence-electron chi connectivity index (χ1n) is 10.1. The number of hydrogen-bond donors (Lipinski definition) is 0. The van der Waals surface area contributed by atoms with E-state index in [9.17, 15) is 4.79 Å². The van der Waals surface area contributed by atoms with Gasteiger partial charge in [-0.3, -0.25) is 4.79 Å². The highest BCUT2D eigenvalue weighted by molar-refractivity contribution is 5.96. The lowest BCUT2D eigenvalue weighted by Gasteiger charge is -2.40. The Balaban J connectivity index is 1.45. The van der Waals surface area contributed by atoms with E-state index in [4.69, 9.17) is 4.74 Å². The van der Waals surface area contributed by atoms with Crippen LogP contribution in [0.25, 0.3) is 0 Å². The molecule has 3 nitrogen and oxygen atoms in total.